The van der Waals surface area contributed by atoms with Gasteiger partial charge in [0.25, 0.3) is 0 Å². The van der Waals surface area contributed by atoms with Gasteiger partial charge in [0.05, 0.1) is 19.3 Å². The summed E-state index contributed by atoms with van der Waals surface area (Å²) in [5, 5.41) is 6.58. The Morgan fingerprint density at radius 3 is 2.55 bits per heavy atom. The van der Waals surface area contributed by atoms with E-state index in [1.807, 2.05) is 44.2 Å². The van der Waals surface area contributed by atoms with Crippen LogP contribution in [0.2, 0.25) is 5.02 Å². The van der Waals surface area contributed by atoms with Crippen molar-refractivity contribution in [3.63, 3.8) is 0 Å². The summed E-state index contributed by atoms with van der Waals surface area (Å²) < 4.78 is 5.27. The summed E-state index contributed by atoms with van der Waals surface area (Å²) in [6.07, 6.45) is 0. The van der Waals surface area contributed by atoms with Crippen molar-refractivity contribution in [2.24, 2.45) is 0 Å². The van der Waals surface area contributed by atoms with Crippen LogP contribution in [0.5, 0.6) is 5.75 Å². The molecule has 0 saturated carbocycles. The second kappa shape index (κ2) is 7.18. The number of anilines is 2. The maximum atomic E-state index is 12.0. The molecule has 2 aromatic rings. The summed E-state index contributed by atoms with van der Waals surface area (Å²) in [4.78, 5) is 12.0. The fourth-order valence-electron chi connectivity index (χ4n) is 2.05. The zero-order valence-corrected chi connectivity index (χ0v) is 13.6. The molecular weight excluding hydrogens is 300 g/mol. The van der Waals surface area contributed by atoms with Crippen LogP contribution in [0.1, 0.15) is 11.1 Å². The lowest BCUT2D eigenvalue weighted by Gasteiger charge is -2.13. The molecule has 2 N–H and O–H groups in total. The Labute approximate surface area is 135 Å². The third-order valence-electron chi connectivity index (χ3n) is 3.34. The Bertz CT molecular complexity index is 686. The number of carbonyl (C=O) groups is 1. The van der Waals surface area contributed by atoms with Crippen molar-refractivity contribution in [3.05, 3.63) is 52.5 Å². The molecule has 0 heterocycles. The van der Waals surface area contributed by atoms with Crippen LogP contribution in [-0.2, 0) is 4.79 Å². The highest BCUT2D eigenvalue weighted by atomic mass is 35.5. The minimum Gasteiger partial charge on any atom is -0.495 e. The third kappa shape index (κ3) is 3.92. The normalized spacial score (nSPS) is 10.2. The van der Waals surface area contributed by atoms with Gasteiger partial charge in [-0.1, -0.05) is 29.8 Å². The third-order valence-corrected chi connectivity index (χ3v) is 3.75. The van der Waals surface area contributed by atoms with Gasteiger partial charge in [-0.15, -0.1) is 0 Å². The molecule has 0 aliphatic rings. The molecule has 22 heavy (non-hydrogen) atoms. The zero-order valence-electron chi connectivity index (χ0n) is 12.9. The minimum absolute atomic E-state index is 0.121. The molecule has 0 fully saturated rings. The van der Waals surface area contributed by atoms with Gasteiger partial charge in [-0.25, -0.2) is 0 Å². The predicted octanol–water partition coefficient (Wildman–Crippen LogP) is 4.02. The monoisotopic (exact) mass is 318 g/mol. The summed E-state index contributed by atoms with van der Waals surface area (Å²) >= 11 is 6.06. The molecule has 0 radical (unpaired) electrons. The molecule has 0 aliphatic heterocycles. The van der Waals surface area contributed by atoms with Crippen LogP contribution in [0.4, 0.5) is 11.4 Å². The quantitative estimate of drug-likeness (QED) is 0.875. The van der Waals surface area contributed by atoms with Gasteiger partial charge in [0.15, 0.2) is 0 Å². The number of rotatable bonds is 5. The summed E-state index contributed by atoms with van der Waals surface area (Å²) in [6, 6.07) is 11.3. The van der Waals surface area contributed by atoms with Gasteiger partial charge < -0.3 is 15.4 Å². The summed E-state index contributed by atoms with van der Waals surface area (Å²) in [5.41, 5.74) is 3.50. The smallest absolute Gasteiger partial charge is 0.243 e. The maximum absolute atomic E-state index is 12.0. The molecule has 0 spiro atoms. The number of nitrogens with one attached hydrogen (secondary N) is 2. The lowest BCUT2D eigenvalue weighted by Crippen LogP contribution is -2.22. The van der Waals surface area contributed by atoms with E-state index in [2.05, 4.69) is 10.6 Å². The van der Waals surface area contributed by atoms with E-state index in [1.165, 1.54) is 0 Å². The van der Waals surface area contributed by atoms with Gasteiger partial charge in [-0.05, 0) is 37.1 Å². The summed E-state index contributed by atoms with van der Waals surface area (Å²) in [6.45, 7) is 4.00. The van der Waals surface area contributed by atoms with Gasteiger partial charge in [-0.2, -0.15) is 0 Å². The van der Waals surface area contributed by atoms with Gasteiger partial charge in [0.1, 0.15) is 5.75 Å². The van der Waals surface area contributed by atoms with Crippen molar-refractivity contribution in [1.29, 1.82) is 0 Å². The van der Waals surface area contributed by atoms with E-state index < -0.39 is 0 Å². The first kappa shape index (κ1) is 16.2. The van der Waals surface area contributed by atoms with E-state index in [-0.39, 0.29) is 12.5 Å². The highest BCUT2D eigenvalue weighted by Crippen LogP contribution is 2.30. The van der Waals surface area contributed by atoms with E-state index in [0.29, 0.717) is 10.8 Å². The maximum Gasteiger partial charge on any atom is 0.243 e. The fraction of sp³-hybridized carbons (Fsp3) is 0.235. The number of para-hydroxylation sites is 1. The Morgan fingerprint density at radius 2 is 1.86 bits per heavy atom. The van der Waals surface area contributed by atoms with Crippen molar-refractivity contribution in [2.75, 3.05) is 24.3 Å². The van der Waals surface area contributed by atoms with Crippen LogP contribution in [-0.4, -0.2) is 19.6 Å². The zero-order chi connectivity index (χ0) is 16.1. The molecule has 0 aromatic heterocycles. The number of halogens is 1. The minimum atomic E-state index is -0.121. The Hall–Kier alpha value is -2.20. The Morgan fingerprint density at radius 1 is 1.14 bits per heavy atom. The molecule has 2 aromatic carbocycles. The first-order chi connectivity index (χ1) is 10.5. The molecule has 0 atom stereocenters. The van der Waals surface area contributed by atoms with Gasteiger partial charge in [0.2, 0.25) is 5.91 Å². The predicted molar refractivity (Wildman–Crippen MR) is 91.0 cm³/mol. The van der Waals surface area contributed by atoms with Crippen LogP contribution < -0.4 is 15.4 Å². The number of hydrogen-bond donors (Lipinski definition) is 2. The SMILES string of the molecule is COc1cc(Cl)c(C)cc1NCC(=O)Nc1ccccc1C. The van der Waals surface area contributed by atoms with Crippen LogP contribution >= 0.6 is 11.6 Å². The molecule has 116 valence electrons. The molecule has 0 unspecified atom stereocenters. The number of benzene rings is 2. The highest BCUT2D eigenvalue weighted by molar-refractivity contribution is 6.31. The summed E-state index contributed by atoms with van der Waals surface area (Å²) in [5.74, 6) is 0.489. The lowest BCUT2D eigenvalue weighted by molar-refractivity contribution is -0.114. The number of amides is 1. The second-order valence-corrected chi connectivity index (χ2v) is 5.43. The number of methoxy groups -OCH3 is 1. The first-order valence-corrected chi connectivity index (χ1v) is 7.32. The molecule has 1 amide bonds. The number of hydrogen-bond acceptors (Lipinski definition) is 3. The van der Waals surface area contributed by atoms with Crippen LogP contribution in [0, 0.1) is 13.8 Å². The van der Waals surface area contributed by atoms with Crippen molar-refractivity contribution >= 4 is 28.9 Å². The van der Waals surface area contributed by atoms with E-state index in [4.69, 9.17) is 16.3 Å². The topological polar surface area (TPSA) is 50.4 Å². The number of carbonyl (C=O) groups excluding carboxylic acids is 1. The molecular formula is C17H19ClN2O2. The molecule has 2 rings (SSSR count). The molecule has 0 aliphatic carbocycles. The van der Waals surface area contributed by atoms with Crippen molar-refractivity contribution in [1.82, 2.24) is 0 Å². The van der Waals surface area contributed by atoms with E-state index in [0.717, 1.165) is 22.5 Å². The van der Waals surface area contributed by atoms with E-state index in [1.54, 1.807) is 13.2 Å². The van der Waals surface area contributed by atoms with Gasteiger partial charge >= 0.3 is 0 Å². The van der Waals surface area contributed by atoms with Crippen LogP contribution in [0.15, 0.2) is 36.4 Å². The number of aryl methyl sites for hydroxylation is 2. The number of ether oxygens (including phenoxy) is 1. The van der Waals surface area contributed by atoms with Crippen molar-refractivity contribution in [3.8, 4) is 5.75 Å². The largest absolute Gasteiger partial charge is 0.495 e. The van der Waals surface area contributed by atoms with Crippen molar-refractivity contribution in [2.45, 2.75) is 13.8 Å². The van der Waals surface area contributed by atoms with Gasteiger partial charge in [0, 0.05) is 16.8 Å². The van der Waals surface area contributed by atoms with Crippen LogP contribution in [0.25, 0.3) is 0 Å². The Kier molecular flexibility index (Phi) is 5.28. The molecule has 5 heteroatoms. The van der Waals surface area contributed by atoms with Crippen LogP contribution in [0.3, 0.4) is 0 Å². The average molecular weight is 319 g/mol. The molecule has 0 bridgehead atoms. The van der Waals surface area contributed by atoms with Gasteiger partial charge in [-0.3, -0.25) is 4.79 Å². The molecule has 0 saturated heterocycles. The van der Waals surface area contributed by atoms with E-state index >= 15 is 0 Å². The molecule has 4 nitrogen and oxygen atoms in total. The first-order valence-electron chi connectivity index (χ1n) is 6.94. The Balaban J connectivity index is 2.02. The lowest BCUT2D eigenvalue weighted by atomic mass is 10.2. The highest BCUT2D eigenvalue weighted by Gasteiger charge is 2.09. The second-order valence-electron chi connectivity index (χ2n) is 5.02. The van der Waals surface area contributed by atoms with Crippen molar-refractivity contribution < 1.29 is 9.53 Å². The summed E-state index contributed by atoms with van der Waals surface area (Å²) in [7, 11) is 1.57. The fourth-order valence-corrected chi connectivity index (χ4v) is 2.21. The standard InChI is InChI=1S/C17H19ClN2O2/c1-11-6-4-5-7-14(11)20-17(21)10-19-15-8-12(2)13(18)9-16(15)22-3/h4-9,19H,10H2,1-3H3,(H,20,21). The van der Waals surface area contributed by atoms with E-state index in [9.17, 15) is 4.79 Å². The average Bonchev–Trinajstić information content (AvgIpc) is 2.50.